The highest BCUT2D eigenvalue weighted by Crippen LogP contribution is 2.40. The Morgan fingerprint density at radius 2 is 2.00 bits per heavy atom. The number of hydrogen-bond donors (Lipinski definition) is 2. The van der Waals surface area contributed by atoms with Crippen molar-refractivity contribution >= 4 is 44.9 Å². The third-order valence-corrected chi connectivity index (χ3v) is 4.99. The highest BCUT2D eigenvalue weighted by Gasteiger charge is 2.16. The second-order valence-corrected chi connectivity index (χ2v) is 6.34. The molecule has 0 atom stereocenters. The molecule has 0 saturated carbocycles. The van der Waals surface area contributed by atoms with E-state index < -0.39 is 0 Å². The molecular formula is C16H15N5OS. The molecule has 0 aliphatic heterocycles. The van der Waals surface area contributed by atoms with Gasteiger partial charge < -0.3 is 20.8 Å². The summed E-state index contributed by atoms with van der Waals surface area (Å²) < 4.78 is 7.39. The number of hydrogen-bond acceptors (Lipinski definition) is 6. The molecule has 0 unspecified atom stereocenters. The number of benzene rings is 1. The number of nitrogens with two attached hydrogens (primary N) is 2. The zero-order chi connectivity index (χ0) is 16.1. The van der Waals surface area contributed by atoms with Gasteiger partial charge in [-0.05, 0) is 24.3 Å². The third-order valence-electron chi connectivity index (χ3n) is 3.91. The van der Waals surface area contributed by atoms with Crippen molar-refractivity contribution in [1.82, 2.24) is 14.5 Å². The van der Waals surface area contributed by atoms with Gasteiger partial charge >= 0.3 is 0 Å². The fraction of sp³-hybridized carbons (Fsp3) is 0.125. The normalized spacial score (nSPS) is 11.4. The maximum absolute atomic E-state index is 6.09. The lowest BCUT2D eigenvalue weighted by Crippen LogP contribution is -2.01. The van der Waals surface area contributed by atoms with Crippen molar-refractivity contribution in [3.8, 4) is 15.5 Å². The first-order valence-corrected chi connectivity index (χ1v) is 7.85. The van der Waals surface area contributed by atoms with Crippen LogP contribution in [0.15, 0.2) is 30.5 Å². The zero-order valence-electron chi connectivity index (χ0n) is 12.7. The summed E-state index contributed by atoms with van der Waals surface area (Å²) >= 11 is 1.59. The lowest BCUT2D eigenvalue weighted by atomic mass is 10.0. The molecule has 0 bridgehead atoms. The highest BCUT2D eigenvalue weighted by atomic mass is 32.1. The number of aromatic nitrogens is 3. The molecule has 1 aromatic carbocycles. The summed E-state index contributed by atoms with van der Waals surface area (Å²) in [5, 5.41) is 2.72. The molecule has 0 aliphatic carbocycles. The Morgan fingerprint density at radius 1 is 1.17 bits per heavy atom. The van der Waals surface area contributed by atoms with Crippen molar-refractivity contribution in [2.45, 2.75) is 0 Å². The molecular weight excluding hydrogens is 310 g/mol. The van der Waals surface area contributed by atoms with Gasteiger partial charge in [0.15, 0.2) is 5.06 Å². The molecule has 0 spiro atoms. The monoisotopic (exact) mass is 325 g/mol. The number of methoxy groups -OCH3 is 1. The van der Waals surface area contributed by atoms with E-state index in [0.29, 0.717) is 5.82 Å². The van der Waals surface area contributed by atoms with Crippen LogP contribution in [0, 0.1) is 0 Å². The van der Waals surface area contributed by atoms with E-state index in [2.05, 4.69) is 14.5 Å². The van der Waals surface area contributed by atoms with Crippen LogP contribution in [0.2, 0.25) is 0 Å². The first kappa shape index (κ1) is 13.8. The van der Waals surface area contributed by atoms with Gasteiger partial charge in [0, 0.05) is 29.1 Å². The van der Waals surface area contributed by atoms with Gasteiger partial charge in [-0.3, -0.25) is 0 Å². The molecule has 0 amide bonds. The zero-order valence-corrected chi connectivity index (χ0v) is 13.5. The molecule has 4 rings (SSSR count). The van der Waals surface area contributed by atoms with E-state index in [1.165, 1.54) is 0 Å². The van der Waals surface area contributed by atoms with Gasteiger partial charge in [-0.1, -0.05) is 11.3 Å². The number of anilines is 2. The largest absolute Gasteiger partial charge is 0.487 e. The van der Waals surface area contributed by atoms with Gasteiger partial charge in [0.25, 0.3) is 0 Å². The molecule has 4 N–H and O–H groups in total. The van der Waals surface area contributed by atoms with E-state index in [1.54, 1.807) is 18.4 Å². The first-order valence-electron chi connectivity index (χ1n) is 7.03. The summed E-state index contributed by atoms with van der Waals surface area (Å²) in [6, 6.07) is 8.05. The lowest BCUT2D eigenvalue weighted by Gasteiger charge is -2.09. The van der Waals surface area contributed by atoms with Gasteiger partial charge in [0.2, 0.25) is 5.95 Å². The van der Waals surface area contributed by atoms with Crippen LogP contribution < -0.4 is 16.2 Å². The average molecular weight is 325 g/mol. The predicted octanol–water partition coefficient (Wildman–Crippen LogP) is 3.02. The molecule has 116 valence electrons. The van der Waals surface area contributed by atoms with Crippen LogP contribution in [-0.2, 0) is 7.05 Å². The minimum absolute atomic E-state index is 0.181. The van der Waals surface area contributed by atoms with Crippen LogP contribution >= 0.6 is 11.3 Å². The van der Waals surface area contributed by atoms with E-state index in [9.17, 15) is 0 Å². The number of nitrogens with zero attached hydrogens (tertiary/aromatic N) is 3. The Hall–Kier alpha value is -2.80. The summed E-state index contributed by atoms with van der Waals surface area (Å²) in [6.07, 6.45) is 2.01. The smallest absolute Gasteiger partial charge is 0.222 e. The van der Waals surface area contributed by atoms with E-state index >= 15 is 0 Å². The van der Waals surface area contributed by atoms with E-state index in [-0.39, 0.29) is 5.95 Å². The maximum Gasteiger partial charge on any atom is 0.222 e. The molecule has 0 saturated heterocycles. The number of thiophene rings is 1. The molecule has 3 aromatic heterocycles. The van der Waals surface area contributed by atoms with Gasteiger partial charge in [-0.2, -0.15) is 4.98 Å². The molecule has 0 radical (unpaired) electrons. The van der Waals surface area contributed by atoms with Crippen LogP contribution in [-0.4, -0.2) is 21.6 Å². The topological polar surface area (TPSA) is 92.0 Å². The minimum Gasteiger partial charge on any atom is -0.487 e. The first-order chi connectivity index (χ1) is 11.1. The third kappa shape index (κ3) is 2.01. The highest BCUT2D eigenvalue weighted by molar-refractivity contribution is 7.17. The summed E-state index contributed by atoms with van der Waals surface area (Å²) in [5.41, 5.74) is 14.8. The van der Waals surface area contributed by atoms with Crippen molar-refractivity contribution in [3.63, 3.8) is 0 Å². The molecule has 4 aromatic rings. The Morgan fingerprint density at radius 3 is 2.74 bits per heavy atom. The average Bonchev–Trinajstić information content (AvgIpc) is 3.13. The van der Waals surface area contributed by atoms with Crippen LogP contribution in [0.25, 0.3) is 32.2 Å². The summed E-state index contributed by atoms with van der Waals surface area (Å²) in [6.45, 7) is 0. The van der Waals surface area contributed by atoms with E-state index in [0.717, 1.165) is 37.3 Å². The number of fused-ring (bicyclic) bond motifs is 3. The Labute approximate surface area is 136 Å². The van der Waals surface area contributed by atoms with Gasteiger partial charge in [-0.25, -0.2) is 4.98 Å². The minimum atomic E-state index is 0.181. The fourth-order valence-electron chi connectivity index (χ4n) is 2.93. The van der Waals surface area contributed by atoms with Crippen molar-refractivity contribution in [1.29, 1.82) is 0 Å². The molecule has 0 fully saturated rings. The quantitative estimate of drug-likeness (QED) is 0.591. The molecule has 23 heavy (non-hydrogen) atoms. The SMILES string of the molecule is COc1ccc(-c2cc3nc(N)nc(N)c3c3ccn(C)c23)s1. The van der Waals surface area contributed by atoms with E-state index in [4.69, 9.17) is 16.2 Å². The molecule has 6 nitrogen and oxygen atoms in total. The molecule has 0 aliphatic rings. The van der Waals surface area contributed by atoms with Crippen LogP contribution in [0.1, 0.15) is 0 Å². The Balaban J connectivity index is 2.15. The fourth-order valence-corrected chi connectivity index (χ4v) is 3.77. The van der Waals surface area contributed by atoms with Crippen LogP contribution in [0.5, 0.6) is 5.06 Å². The van der Waals surface area contributed by atoms with Crippen LogP contribution in [0.3, 0.4) is 0 Å². The lowest BCUT2D eigenvalue weighted by molar-refractivity contribution is 0.427. The summed E-state index contributed by atoms with van der Waals surface area (Å²) in [4.78, 5) is 9.56. The predicted molar refractivity (Wildman–Crippen MR) is 94.7 cm³/mol. The molecule has 3 heterocycles. The number of ether oxygens (including phenoxy) is 1. The standard InChI is InChI=1S/C16H15N5OS/c1-21-6-5-8-13-10(19-16(18)20-15(13)17)7-9(14(8)21)11-3-4-12(22-2)23-11/h3-7H,1-2H3,(H4,17,18,19,20). The van der Waals surface area contributed by atoms with E-state index in [1.807, 2.05) is 37.5 Å². The van der Waals surface area contributed by atoms with Crippen molar-refractivity contribution in [2.24, 2.45) is 7.05 Å². The maximum atomic E-state index is 6.09. The van der Waals surface area contributed by atoms with Gasteiger partial charge in [-0.15, -0.1) is 0 Å². The summed E-state index contributed by atoms with van der Waals surface area (Å²) in [7, 11) is 3.68. The van der Waals surface area contributed by atoms with Gasteiger partial charge in [0.05, 0.1) is 23.5 Å². The second-order valence-electron chi connectivity index (χ2n) is 5.30. The van der Waals surface area contributed by atoms with Crippen molar-refractivity contribution < 1.29 is 4.74 Å². The second kappa shape index (κ2) is 4.85. The number of nitrogen functional groups attached to an aromatic ring is 2. The number of aryl methyl sites for hydroxylation is 1. The Kier molecular flexibility index (Phi) is 2.92. The van der Waals surface area contributed by atoms with Crippen molar-refractivity contribution in [2.75, 3.05) is 18.6 Å². The number of rotatable bonds is 2. The van der Waals surface area contributed by atoms with Gasteiger partial charge in [0.1, 0.15) is 5.82 Å². The van der Waals surface area contributed by atoms with Crippen molar-refractivity contribution in [3.05, 3.63) is 30.5 Å². The Bertz CT molecular complexity index is 1050. The van der Waals surface area contributed by atoms with Crippen LogP contribution in [0.4, 0.5) is 11.8 Å². The molecule has 7 heteroatoms. The summed E-state index contributed by atoms with van der Waals surface area (Å²) in [5.74, 6) is 0.582.